The van der Waals surface area contributed by atoms with Crippen LogP contribution in [0.2, 0.25) is 5.02 Å². The molecule has 0 amide bonds. The molecule has 20 heavy (non-hydrogen) atoms. The van der Waals surface area contributed by atoms with E-state index in [1.165, 1.54) is 14.2 Å². The lowest BCUT2D eigenvalue weighted by molar-refractivity contribution is 0.103. The number of carbonyl (C=O) groups excluding carboxylic acids is 1. The molecule has 0 aromatic heterocycles. The predicted molar refractivity (Wildman–Crippen MR) is 87.1 cm³/mol. The fourth-order valence-electron chi connectivity index (χ4n) is 1.83. The van der Waals surface area contributed by atoms with Gasteiger partial charge >= 0.3 is 0 Å². The van der Waals surface area contributed by atoms with E-state index in [0.717, 1.165) is 3.57 Å². The lowest BCUT2D eigenvalue weighted by Gasteiger charge is -2.12. The zero-order valence-corrected chi connectivity index (χ0v) is 13.9. The molecule has 104 valence electrons. The van der Waals surface area contributed by atoms with Crippen molar-refractivity contribution in [3.63, 3.8) is 0 Å². The molecule has 0 N–H and O–H groups in total. The van der Waals surface area contributed by atoms with E-state index in [1.807, 2.05) is 12.1 Å². The summed E-state index contributed by atoms with van der Waals surface area (Å²) in [6, 6.07) is 10.6. The van der Waals surface area contributed by atoms with Gasteiger partial charge in [0.05, 0.1) is 19.8 Å². The number of hydrogen-bond acceptors (Lipinski definition) is 3. The number of methoxy groups -OCH3 is 2. The van der Waals surface area contributed by atoms with Crippen molar-refractivity contribution >= 4 is 40.0 Å². The average molecular weight is 403 g/mol. The SMILES string of the molecule is COc1ccc(C(=O)c2ccc(I)cc2)c(OC)c1Cl. The molecule has 0 unspecified atom stereocenters. The Morgan fingerprint density at radius 2 is 1.70 bits per heavy atom. The van der Waals surface area contributed by atoms with Crippen LogP contribution in [0.5, 0.6) is 11.5 Å². The van der Waals surface area contributed by atoms with Crippen LogP contribution in [0.1, 0.15) is 15.9 Å². The first-order valence-corrected chi connectivity index (χ1v) is 7.25. The van der Waals surface area contributed by atoms with Crippen LogP contribution in [0, 0.1) is 3.57 Å². The van der Waals surface area contributed by atoms with Crippen LogP contribution in [0.3, 0.4) is 0 Å². The maximum absolute atomic E-state index is 12.5. The number of ether oxygens (including phenoxy) is 2. The molecule has 0 aliphatic carbocycles. The molecular weight excluding hydrogens is 391 g/mol. The van der Waals surface area contributed by atoms with Crippen LogP contribution >= 0.6 is 34.2 Å². The molecule has 2 aromatic carbocycles. The normalized spacial score (nSPS) is 10.2. The van der Waals surface area contributed by atoms with E-state index in [2.05, 4.69) is 22.6 Å². The summed E-state index contributed by atoms with van der Waals surface area (Å²) in [5.74, 6) is 0.667. The molecule has 0 saturated heterocycles. The maximum Gasteiger partial charge on any atom is 0.196 e. The minimum Gasteiger partial charge on any atom is -0.495 e. The largest absolute Gasteiger partial charge is 0.495 e. The molecule has 2 rings (SSSR count). The van der Waals surface area contributed by atoms with E-state index in [1.54, 1.807) is 24.3 Å². The summed E-state index contributed by atoms with van der Waals surface area (Å²) in [4.78, 5) is 12.5. The van der Waals surface area contributed by atoms with Gasteiger partial charge in [-0.3, -0.25) is 4.79 Å². The second-order valence-electron chi connectivity index (χ2n) is 4.00. The Labute approximate surface area is 136 Å². The van der Waals surface area contributed by atoms with Crippen molar-refractivity contribution in [3.8, 4) is 11.5 Å². The van der Waals surface area contributed by atoms with Crippen molar-refractivity contribution in [2.45, 2.75) is 0 Å². The zero-order chi connectivity index (χ0) is 14.7. The molecule has 0 aliphatic heterocycles. The lowest BCUT2D eigenvalue weighted by Crippen LogP contribution is -2.05. The molecule has 0 fully saturated rings. The van der Waals surface area contributed by atoms with Gasteiger partial charge in [-0.15, -0.1) is 0 Å². The molecule has 0 saturated carbocycles. The summed E-state index contributed by atoms with van der Waals surface area (Å²) in [5, 5.41) is 0.298. The number of benzene rings is 2. The summed E-state index contributed by atoms with van der Waals surface area (Å²) < 4.78 is 11.4. The van der Waals surface area contributed by atoms with Gasteiger partial charge in [-0.25, -0.2) is 0 Å². The third-order valence-electron chi connectivity index (χ3n) is 2.84. The van der Waals surface area contributed by atoms with Crippen molar-refractivity contribution < 1.29 is 14.3 Å². The first-order chi connectivity index (χ1) is 9.58. The summed E-state index contributed by atoms with van der Waals surface area (Å²) in [6.45, 7) is 0. The molecule has 0 heterocycles. The van der Waals surface area contributed by atoms with Crippen molar-refractivity contribution in [2.24, 2.45) is 0 Å². The van der Waals surface area contributed by atoms with Crippen molar-refractivity contribution in [1.82, 2.24) is 0 Å². The van der Waals surface area contributed by atoms with E-state index in [-0.39, 0.29) is 5.78 Å². The highest BCUT2D eigenvalue weighted by Crippen LogP contribution is 2.37. The smallest absolute Gasteiger partial charge is 0.196 e. The van der Waals surface area contributed by atoms with Gasteiger partial charge in [0.1, 0.15) is 10.8 Å². The minimum absolute atomic E-state index is 0.136. The average Bonchev–Trinajstić information content (AvgIpc) is 2.47. The van der Waals surface area contributed by atoms with Gasteiger partial charge < -0.3 is 9.47 Å². The molecule has 0 aliphatic rings. The van der Waals surface area contributed by atoms with Gasteiger partial charge in [0.15, 0.2) is 11.5 Å². The summed E-state index contributed by atoms with van der Waals surface area (Å²) >= 11 is 8.36. The van der Waals surface area contributed by atoms with Crippen LogP contribution < -0.4 is 9.47 Å². The molecule has 3 nitrogen and oxygen atoms in total. The van der Waals surface area contributed by atoms with Gasteiger partial charge in [0.2, 0.25) is 0 Å². The van der Waals surface area contributed by atoms with Gasteiger partial charge in [-0.05, 0) is 59.0 Å². The molecule has 2 aromatic rings. The summed E-state index contributed by atoms with van der Waals surface area (Å²) in [7, 11) is 2.99. The first-order valence-electron chi connectivity index (χ1n) is 5.79. The van der Waals surface area contributed by atoms with E-state index in [4.69, 9.17) is 21.1 Å². The van der Waals surface area contributed by atoms with E-state index >= 15 is 0 Å². The second kappa shape index (κ2) is 6.45. The van der Waals surface area contributed by atoms with Crippen LogP contribution in [-0.2, 0) is 0 Å². The highest BCUT2D eigenvalue weighted by Gasteiger charge is 2.19. The number of hydrogen-bond donors (Lipinski definition) is 0. The molecule has 0 atom stereocenters. The second-order valence-corrected chi connectivity index (χ2v) is 5.62. The number of rotatable bonds is 4. The number of halogens is 2. The first kappa shape index (κ1) is 15.1. The third kappa shape index (κ3) is 2.91. The topological polar surface area (TPSA) is 35.5 Å². The minimum atomic E-state index is -0.136. The van der Waals surface area contributed by atoms with Crippen molar-refractivity contribution in [2.75, 3.05) is 14.2 Å². The molecule has 0 radical (unpaired) electrons. The lowest BCUT2D eigenvalue weighted by atomic mass is 10.0. The highest BCUT2D eigenvalue weighted by atomic mass is 127. The number of ketones is 1. The Morgan fingerprint density at radius 1 is 1.05 bits per heavy atom. The third-order valence-corrected chi connectivity index (χ3v) is 3.91. The predicted octanol–water partition coefficient (Wildman–Crippen LogP) is 4.19. The Hall–Kier alpha value is -1.27. The molecular formula is C15H12ClIO3. The Bertz CT molecular complexity index is 638. The van der Waals surface area contributed by atoms with Crippen LogP contribution in [0.15, 0.2) is 36.4 Å². The fourth-order valence-corrected chi connectivity index (χ4v) is 2.51. The Morgan fingerprint density at radius 3 is 2.25 bits per heavy atom. The summed E-state index contributed by atoms with van der Waals surface area (Å²) in [5.41, 5.74) is 1.00. The molecule has 0 bridgehead atoms. The van der Waals surface area contributed by atoms with Gasteiger partial charge in [-0.2, -0.15) is 0 Å². The van der Waals surface area contributed by atoms with E-state index in [0.29, 0.717) is 27.6 Å². The molecule has 0 spiro atoms. The highest BCUT2D eigenvalue weighted by molar-refractivity contribution is 14.1. The quantitative estimate of drug-likeness (QED) is 0.568. The number of carbonyl (C=O) groups is 1. The van der Waals surface area contributed by atoms with Crippen molar-refractivity contribution in [3.05, 3.63) is 56.1 Å². The Balaban J connectivity index is 2.49. The van der Waals surface area contributed by atoms with Crippen LogP contribution in [0.4, 0.5) is 0 Å². The Kier molecular flexibility index (Phi) is 4.88. The maximum atomic E-state index is 12.5. The van der Waals surface area contributed by atoms with Crippen molar-refractivity contribution in [1.29, 1.82) is 0 Å². The van der Waals surface area contributed by atoms with E-state index < -0.39 is 0 Å². The summed E-state index contributed by atoms with van der Waals surface area (Å²) in [6.07, 6.45) is 0. The zero-order valence-electron chi connectivity index (χ0n) is 10.9. The van der Waals surface area contributed by atoms with Crippen LogP contribution in [0.25, 0.3) is 0 Å². The van der Waals surface area contributed by atoms with Gasteiger partial charge in [-0.1, -0.05) is 11.6 Å². The van der Waals surface area contributed by atoms with E-state index in [9.17, 15) is 4.79 Å². The van der Waals surface area contributed by atoms with Crippen LogP contribution in [-0.4, -0.2) is 20.0 Å². The molecule has 5 heteroatoms. The van der Waals surface area contributed by atoms with Gasteiger partial charge in [0, 0.05) is 9.13 Å². The standard InChI is InChI=1S/C15H12ClIO3/c1-19-12-8-7-11(15(20-2)13(12)16)14(18)9-3-5-10(17)6-4-9/h3-8H,1-2H3. The monoisotopic (exact) mass is 402 g/mol. The fraction of sp³-hybridized carbons (Fsp3) is 0.133. The van der Waals surface area contributed by atoms with Gasteiger partial charge in [0.25, 0.3) is 0 Å².